The van der Waals surface area contributed by atoms with Crippen molar-refractivity contribution in [2.45, 2.75) is 53.4 Å². The number of allylic oxidation sites excluding steroid dienone is 2. The second-order valence-corrected chi connectivity index (χ2v) is 9.25. The Morgan fingerprint density at radius 2 is 1.59 bits per heavy atom. The number of ketones is 1. The van der Waals surface area contributed by atoms with Gasteiger partial charge in [-0.25, -0.2) is 0 Å². The topological polar surface area (TPSA) is 54.6 Å². The fraction of sp³-hybridized carbons (Fsp3) is 0.312. The first-order chi connectivity index (χ1) is 17.5. The number of aliphatic hydroxyl groups excluding tert-OH is 1. The summed E-state index contributed by atoms with van der Waals surface area (Å²) in [6, 6.07) is 24.3. The van der Waals surface area contributed by atoms with Crippen molar-refractivity contribution in [2.75, 3.05) is 0 Å². The van der Waals surface area contributed by atoms with Crippen molar-refractivity contribution < 1.29 is 30.0 Å². The van der Waals surface area contributed by atoms with Gasteiger partial charge >= 0.3 is 0 Å². The van der Waals surface area contributed by atoms with Crippen LogP contribution in [0.3, 0.4) is 0 Å². The second-order valence-electron chi connectivity index (χ2n) is 9.25. The number of para-hydroxylation sites is 1. The maximum absolute atomic E-state index is 11.7. The number of aromatic nitrogens is 2. The number of hydrogen-bond acceptors (Lipinski definition) is 3. The fourth-order valence-electron chi connectivity index (χ4n) is 5.01. The first-order valence-corrected chi connectivity index (χ1v) is 13.1. The molecule has 0 fully saturated rings. The first-order valence-electron chi connectivity index (χ1n) is 13.1. The second kappa shape index (κ2) is 13.0. The third-order valence-corrected chi connectivity index (χ3v) is 7.19. The first kappa shape index (κ1) is 28.6. The maximum atomic E-state index is 11.7. The van der Waals surface area contributed by atoms with Gasteiger partial charge in [0.2, 0.25) is 0 Å². The molecule has 1 radical (unpaired) electrons. The number of benzene rings is 2. The zero-order valence-electron chi connectivity index (χ0n) is 22.0. The van der Waals surface area contributed by atoms with Crippen molar-refractivity contribution >= 4 is 44.0 Å². The van der Waals surface area contributed by atoms with E-state index in [2.05, 4.69) is 57.9 Å². The molecule has 0 aliphatic heterocycles. The van der Waals surface area contributed by atoms with Gasteiger partial charge in [-0.3, -0.25) is 4.79 Å². The minimum Gasteiger partial charge on any atom is -0.512 e. The molecule has 3 aromatic heterocycles. The third-order valence-electron chi connectivity index (χ3n) is 7.19. The summed E-state index contributed by atoms with van der Waals surface area (Å²) >= 11 is 0. The average Bonchev–Trinajstić information content (AvgIpc) is 3.31. The van der Waals surface area contributed by atoms with E-state index in [1.165, 1.54) is 27.9 Å². The molecule has 1 N–H and O–H groups in total. The van der Waals surface area contributed by atoms with Crippen LogP contribution in [0.4, 0.5) is 0 Å². The molecule has 0 bridgehead atoms. The summed E-state index contributed by atoms with van der Waals surface area (Å²) in [6.07, 6.45) is 6.75. The number of nitrogens with zero attached hydrogens (tertiary/aromatic N) is 2. The van der Waals surface area contributed by atoms with Crippen LogP contribution < -0.4 is 0 Å². The number of rotatable bonds is 7. The molecule has 0 aliphatic rings. The van der Waals surface area contributed by atoms with Gasteiger partial charge in [0.1, 0.15) is 0 Å². The molecule has 0 aliphatic carbocycles. The molecule has 0 unspecified atom stereocenters. The molecule has 0 amide bonds. The van der Waals surface area contributed by atoms with E-state index in [0.29, 0.717) is 0 Å². The molecule has 0 spiro atoms. The van der Waals surface area contributed by atoms with Crippen LogP contribution in [0.5, 0.6) is 0 Å². The summed E-state index contributed by atoms with van der Waals surface area (Å²) in [6.45, 7) is 8.07. The molecular weight excluding hydrogens is 637 g/mol. The third kappa shape index (κ3) is 5.79. The molecule has 195 valence electrons. The summed E-state index contributed by atoms with van der Waals surface area (Å²) in [7, 11) is 0. The summed E-state index contributed by atoms with van der Waals surface area (Å²) in [4.78, 5) is 16.3. The quantitative estimate of drug-likeness (QED) is 0.0818. The monoisotopic (exact) mass is 672 g/mol. The van der Waals surface area contributed by atoms with E-state index in [9.17, 15) is 9.90 Å². The Morgan fingerprint density at radius 1 is 0.919 bits per heavy atom. The van der Waals surface area contributed by atoms with E-state index in [0.717, 1.165) is 42.1 Å². The molecule has 5 aromatic rings. The summed E-state index contributed by atoms with van der Waals surface area (Å²) in [5.41, 5.74) is 4.56. The Hall–Kier alpha value is -3.01. The van der Waals surface area contributed by atoms with Gasteiger partial charge in [0, 0.05) is 60.8 Å². The van der Waals surface area contributed by atoms with E-state index in [1.54, 1.807) is 0 Å². The Kier molecular flexibility index (Phi) is 10.0. The van der Waals surface area contributed by atoms with E-state index in [-0.39, 0.29) is 43.5 Å². The average molecular weight is 672 g/mol. The van der Waals surface area contributed by atoms with Gasteiger partial charge in [-0.05, 0) is 55.3 Å². The van der Waals surface area contributed by atoms with Crippen molar-refractivity contribution in [2.24, 2.45) is 11.8 Å². The van der Waals surface area contributed by atoms with Gasteiger partial charge in [0.25, 0.3) is 0 Å². The minimum atomic E-state index is 0. The predicted octanol–water partition coefficient (Wildman–Crippen LogP) is 8.46. The number of hydrogen-bond donors (Lipinski definition) is 1. The van der Waals surface area contributed by atoms with E-state index in [4.69, 9.17) is 0 Å². The Labute approximate surface area is 232 Å². The molecule has 3 heterocycles. The van der Waals surface area contributed by atoms with Gasteiger partial charge in [0.05, 0.1) is 11.3 Å². The number of fused-ring (bicyclic) bond motifs is 8. The number of carbonyl (C=O) groups is 1. The van der Waals surface area contributed by atoms with Crippen LogP contribution in [-0.4, -0.2) is 20.3 Å². The fourth-order valence-corrected chi connectivity index (χ4v) is 5.01. The standard InChI is InChI=1S/C19H11N2.C13H24O2.Ir/c1-4-9-16-13(6-1)12-18-14-7-2-3-8-15(14)19-17(21(16)18)10-5-11-20-19;1-5-10(6-2)12(14)9-13(15)11(7-3)8-4;/h1-7,9-12H;9-11,14H,5-8H2,1-4H3;/q-1;;/b;12-9-;. The summed E-state index contributed by atoms with van der Waals surface area (Å²) in [5, 5.41) is 13.3. The molecular formula is C32H35IrN2O2-. The van der Waals surface area contributed by atoms with Crippen LogP contribution >= 0.6 is 0 Å². The number of carbonyl (C=O) groups excluding carboxylic acids is 1. The van der Waals surface area contributed by atoms with Gasteiger partial charge in [-0.2, -0.15) is 0 Å². The normalized spacial score (nSPS) is 11.8. The van der Waals surface area contributed by atoms with Crippen molar-refractivity contribution in [3.63, 3.8) is 0 Å². The molecule has 37 heavy (non-hydrogen) atoms. The van der Waals surface area contributed by atoms with E-state index in [1.807, 2.05) is 52.1 Å². The number of pyridine rings is 2. The Bertz CT molecular complexity index is 1530. The zero-order valence-corrected chi connectivity index (χ0v) is 24.4. The van der Waals surface area contributed by atoms with Crippen molar-refractivity contribution in [3.05, 3.63) is 84.8 Å². The SMILES string of the molecule is CCC(CC)C(=O)/C=C(\O)C(CC)CC.[Ir].[c-]1cccc2c1c1ncccc1n1c3ccccc3cc21. The summed E-state index contributed by atoms with van der Waals surface area (Å²) in [5.74, 6) is 0.547. The molecule has 0 saturated heterocycles. The van der Waals surface area contributed by atoms with Gasteiger partial charge in [-0.1, -0.05) is 51.3 Å². The van der Waals surface area contributed by atoms with Crippen molar-refractivity contribution in [3.8, 4) is 0 Å². The van der Waals surface area contributed by atoms with E-state index >= 15 is 0 Å². The molecule has 5 rings (SSSR count). The minimum absolute atomic E-state index is 0. The smallest absolute Gasteiger partial charge is 0.162 e. The van der Waals surface area contributed by atoms with Gasteiger partial charge in [0.15, 0.2) is 5.78 Å². The largest absolute Gasteiger partial charge is 0.512 e. The zero-order chi connectivity index (χ0) is 25.7. The number of aliphatic hydroxyl groups is 1. The predicted molar refractivity (Wildman–Crippen MR) is 150 cm³/mol. The van der Waals surface area contributed by atoms with Crippen LogP contribution in [0.2, 0.25) is 0 Å². The molecule has 5 heteroatoms. The van der Waals surface area contributed by atoms with Crippen molar-refractivity contribution in [1.29, 1.82) is 0 Å². The van der Waals surface area contributed by atoms with Crippen LogP contribution in [0, 0.1) is 17.9 Å². The molecule has 4 nitrogen and oxygen atoms in total. The van der Waals surface area contributed by atoms with Crippen LogP contribution in [-0.2, 0) is 24.9 Å². The Morgan fingerprint density at radius 3 is 2.30 bits per heavy atom. The Balaban J connectivity index is 0.000000214. The van der Waals surface area contributed by atoms with Gasteiger partial charge in [-0.15, -0.1) is 29.7 Å². The van der Waals surface area contributed by atoms with Crippen LogP contribution in [0.1, 0.15) is 53.4 Å². The molecule has 0 atom stereocenters. The van der Waals surface area contributed by atoms with Crippen LogP contribution in [0.25, 0.3) is 38.2 Å². The van der Waals surface area contributed by atoms with Crippen molar-refractivity contribution in [1.82, 2.24) is 9.38 Å². The maximum Gasteiger partial charge on any atom is 0.162 e. The van der Waals surface area contributed by atoms with E-state index < -0.39 is 0 Å². The molecule has 0 saturated carbocycles. The molecule has 2 aromatic carbocycles. The van der Waals surface area contributed by atoms with Gasteiger partial charge < -0.3 is 14.5 Å². The van der Waals surface area contributed by atoms with Crippen LogP contribution in [0.15, 0.2) is 78.7 Å². The summed E-state index contributed by atoms with van der Waals surface area (Å²) < 4.78 is 2.30.